The average molecular weight is 260 g/mol. The molecule has 0 fully saturated rings. The number of thiophene rings is 1. The van der Waals surface area contributed by atoms with E-state index in [0.717, 1.165) is 10.9 Å². The van der Waals surface area contributed by atoms with Gasteiger partial charge in [0.1, 0.15) is 0 Å². The first kappa shape index (κ1) is 14.0. The van der Waals surface area contributed by atoms with E-state index in [1.807, 2.05) is 7.05 Å². The quantitative estimate of drug-likeness (QED) is 0.774. The molecule has 0 aliphatic heterocycles. The van der Waals surface area contributed by atoms with Crippen molar-refractivity contribution in [2.45, 2.75) is 46.1 Å². The van der Waals surface area contributed by atoms with Crippen LogP contribution in [0.2, 0.25) is 5.02 Å². The van der Waals surface area contributed by atoms with Crippen LogP contribution in [0.3, 0.4) is 0 Å². The van der Waals surface area contributed by atoms with Crippen molar-refractivity contribution in [2.24, 2.45) is 5.92 Å². The Bertz CT molecular complexity index is 318. The van der Waals surface area contributed by atoms with Crippen LogP contribution in [0.15, 0.2) is 5.38 Å². The Morgan fingerprint density at radius 3 is 2.38 bits per heavy atom. The summed E-state index contributed by atoms with van der Waals surface area (Å²) in [5.41, 5.74) is 1.20. The molecule has 1 aromatic heterocycles. The molecule has 16 heavy (non-hydrogen) atoms. The lowest BCUT2D eigenvalue weighted by molar-refractivity contribution is 0.388. The van der Waals surface area contributed by atoms with Gasteiger partial charge in [-0.15, -0.1) is 11.3 Å². The molecule has 0 saturated heterocycles. The van der Waals surface area contributed by atoms with Gasteiger partial charge < -0.3 is 5.32 Å². The van der Waals surface area contributed by atoms with Gasteiger partial charge >= 0.3 is 0 Å². The van der Waals surface area contributed by atoms with Crippen molar-refractivity contribution in [3.05, 3.63) is 20.8 Å². The smallest absolute Gasteiger partial charge is 0.0590 e. The normalized spacial score (nSPS) is 13.4. The maximum atomic E-state index is 6.32. The lowest BCUT2D eigenvalue weighted by Crippen LogP contribution is -2.19. The van der Waals surface area contributed by atoms with E-state index in [4.69, 9.17) is 11.6 Å². The van der Waals surface area contributed by atoms with Crippen molar-refractivity contribution in [1.82, 2.24) is 5.32 Å². The van der Waals surface area contributed by atoms with Gasteiger partial charge in [0.25, 0.3) is 0 Å². The zero-order valence-electron chi connectivity index (χ0n) is 10.6. The zero-order chi connectivity index (χ0) is 12.1. The molecule has 0 amide bonds. The summed E-state index contributed by atoms with van der Waals surface area (Å²) in [5.74, 6) is 0.788. The number of rotatable bonds is 6. The molecular formula is C13H22ClNS. The molecule has 0 radical (unpaired) electrons. The Morgan fingerprint density at radius 1 is 1.38 bits per heavy atom. The van der Waals surface area contributed by atoms with Gasteiger partial charge in [0.05, 0.1) is 5.02 Å². The molecule has 1 rings (SSSR count). The van der Waals surface area contributed by atoms with E-state index in [-0.39, 0.29) is 0 Å². The summed E-state index contributed by atoms with van der Waals surface area (Å²) in [6.07, 6.45) is 3.68. The van der Waals surface area contributed by atoms with Gasteiger partial charge in [-0.05, 0) is 37.3 Å². The van der Waals surface area contributed by atoms with Crippen LogP contribution in [-0.4, -0.2) is 7.05 Å². The minimum Gasteiger partial charge on any atom is -0.312 e. The predicted octanol–water partition coefficient (Wildman–Crippen LogP) is 4.80. The predicted molar refractivity (Wildman–Crippen MR) is 74.6 cm³/mol. The van der Waals surface area contributed by atoms with Gasteiger partial charge in [0.2, 0.25) is 0 Å². The van der Waals surface area contributed by atoms with Crippen LogP contribution in [0, 0.1) is 12.8 Å². The van der Waals surface area contributed by atoms with E-state index in [9.17, 15) is 0 Å². The standard InChI is InChI=1S/C13H22ClNS/c1-5-10(6-2)7-11(15-4)13-12(14)9(3)8-16-13/h8,10-11,15H,5-7H2,1-4H3. The first-order chi connectivity index (χ1) is 7.63. The van der Waals surface area contributed by atoms with Crippen LogP contribution >= 0.6 is 22.9 Å². The molecule has 0 aliphatic rings. The fourth-order valence-corrected chi connectivity index (χ4v) is 3.45. The van der Waals surface area contributed by atoms with Gasteiger partial charge in [-0.3, -0.25) is 0 Å². The van der Waals surface area contributed by atoms with Gasteiger partial charge in [-0.1, -0.05) is 38.3 Å². The Morgan fingerprint density at radius 2 is 2.00 bits per heavy atom. The summed E-state index contributed by atoms with van der Waals surface area (Å²) < 4.78 is 0. The highest BCUT2D eigenvalue weighted by Gasteiger charge is 2.19. The first-order valence-electron chi connectivity index (χ1n) is 6.04. The summed E-state index contributed by atoms with van der Waals surface area (Å²) in [6, 6.07) is 0.413. The lowest BCUT2D eigenvalue weighted by Gasteiger charge is -2.21. The van der Waals surface area contributed by atoms with Crippen molar-refractivity contribution >= 4 is 22.9 Å². The highest BCUT2D eigenvalue weighted by Crippen LogP contribution is 2.36. The molecule has 0 aromatic carbocycles. The largest absolute Gasteiger partial charge is 0.312 e. The molecule has 1 nitrogen and oxygen atoms in total. The van der Waals surface area contributed by atoms with E-state index in [1.54, 1.807) is 11.3 Å². The average Bonchev–Trinajstić information content (AvgIpc) is 2.62. The molecule has 0 saturated carbocycles. The molecule has 1 aromatic rings. The van der Waals surface area contributed by atoms with Crippen LogP contribution < -0.4 is 5.32 Å². The summed E-state index contributed by atoms with van der Waals surface area (Å²) in [5, 5.41) is 6.50. The van der Waals surface area contributed by atoms with Gasteiger partial charge in [-0.2, -0.15) is 0 Å². The van der Waals surface area contributed by atoms with Crippen molar-refractivity contribution in [3.63, 3.8) is 0 Å². The SMILES string of the molecule is CCC(CC)CC(NC)c1scc(C)c1Cl. The van der Waals surface area contributed by atoms with Gasteiger partial charge in [0.15, 0.2) is 0 Å². The van der Waals surface area contributed by atoms with Crippen molar-refractivity contribution in [1.29, 1.82) is 0 Å². The number of hydrogen-bond donors (Lipinski definition) is 1. The van der Waals surface area contributed by atoms with E-state index in [2.05, 4.69) is 31.5 Å². The monoisotopic (exact) mass is 259 g/mol. The molecule has 1 unspecified atom stereocenters. The Balaban J connectivity index is 2.78. The number of hydrogen-bond acceptors (Lipinski definition) is 2. The highest BCUT2D eigenvalue weighted by molar-refractivity contribution is 7.10. The topological polar surface area (TPSA) is 12.0 Å². The molecule has 1 atom stereocenters. The van der Waals surface area contributed by atoms with Crippen molar-refractivity contribution < 1.29 is 0 Å². The van der Waals surface area contributed by atoms with E-state index >= 15 is 0 Å². The number of nitrogens with one attached hydrogen (secondary N) is 1. The van der Waals surface area contributed by atoms with Gasteiger partial charge in [-0.25, -0.2) is 0 Å². The first-order valence-corrected chi connectivity index (χ1v) is 7.30. The fraction of sp³-hybridized carbons (Fsp3) is 0.692. The second kappa shape index (κ2) is 6.63. The molecule has 0 spiro atoms. The maximum Gasteiger partial charge on any atom is 0.0590 e. The molecule has 1 heterocycles. The molecule has 0 bridgehead atoms. The summed E-state index contributed by atoms with van der Waals surface area (Å²) in [7, 11) is 2.03. The Labute approximate surface area is 108 Å². The Hall–Kier alpha value is -0.0500. The molecule has 3 heteroatoms. The van der Waals surface area contributed by atoms with Crippen LogP contribution in [-0.2, 0) is 0 Å². The summed E-state index contributed by atoms with van der Waals surface area (Å²) >= 11 is 8.10. The minimum atomic E-state index is 0.413. The lowest BCUT2D eigenvalue weighted by atomic mass is 9.94. The number of halogens is 1. The van der Waals surface area contributed by atoms with Crippen molar-refractivity contribution in [2.75, 3.05) is 7.05 Å². The van der Waals surface area contributed by atoms with Crippen LogP contribution in [0.1, 0.15) is 49.6 Å². The van der Waals surface area contributed by atoms with E-state index in [1.165, 1.54) is 29.7 Å². The molecule has 92 valence electrons. The van der Waals surface area contributed by atoms with Gasteiger partial charge in [0, 0.05) is 10.9 Å². The molecule has 0 aliphatic carbocycles. The third kappa shape index (κ3) is 3.22. The van der Waals surface area contributed by atoms with Crippen LogP contribution in [0.5, 0.6) is 0 Å². The second-order valence-corrected chi connectivity index (χ2v) is 5.65. The fourth-order valence-electron chi connectivity index (χ4n) is 2.00. The summed E-state index contributed by atoms with van der Waals surface area (Å²) in [6.45, 7) is 6.61. The Kier molecular flexibility index (Phi) is 5.81. The number of aryl methyl sites for hydroxylation is 1. The minimum absolute atomic E-state index is 0.413. The third-order valence-corrected chi connectivity index (χ3v) is 5.14. The third-order valence-electron chi connectivity index (χ3n) is 3.31. The van der Waals surface area contributed by atoms with E-state index in [0.29, 0.717) is 6.04 Å². The van der Waals surface area contributed by atoms with Crippen LogP contribution in [0.25, 0.3) is 0 Å². The second-order valence-electron chi connectivity index (χ2n) is 4.36. The van der Waals surface area contributed by atoms with Crippen molar-refractivity contribution in [3.8, 4) is 0 Å². The summed E-state index contributed by atoms with van der Waals surface area (Å²) in [4.78, 5) is 1.30. The molecular weight excluding hydrogens is 238 g/mol. The van der Waals surface area contributed by atoms with E-state index < -0.39 is 0 Å². The molecule has 1 N–H and O–H groups in total. The maximum absolute atomic E-state index is 6.32. The van der Waals surface area contributed by atoms with Crippen LogP contribution in [0.4, 0.5) is 0 Å². The highest BCUT2D eigenvalue weighted by atomic mass is 35.5. The zero-order valence-corrected chi connectivity index (χ0v) is 12.2.